The molecule has 0 radical (unpaired) electrons. The Bertz CT molecular complexity index is 911. The van der Waals surface area contributed by atoms with Crippen molar-refractivity contribution in [1.29, 1.82) is 0 Å². The van der Waals surface area contributed by atoms with E-state index >= 15 is 0 Å². The highest BCUT2D eigenvalue weighted by molar-refractivity contribution is 9.10. The van der Waals surface area contributed by atoms with Crippen molar-refractivity contribution >= 4 is 39.3 Å². The zero-order valence-electron chi connectivity index (χ0n) is 15.6. The molecule has 1 heterocycles. The maximum absolute atomic E-state index is 12.0. The fourth-order valence-electron chi connectivity index (χ4n) is 2.37. The van der Waals surface area contributed by atoms with Crippen molar-refractivity contribution in [2.75, 3.05) is 11.1 Å². The molecule has 6 nitrogen and oxygen atoms in total. The van der Waals surface area contributed by atoms with Crippen LogP contribution in [0.4, 0.5) is 5.69 Å². The van der Waals surface area contributed by atoms with Crippen LogP contribution in [-0.4, -0.2) is 26.8 Å². The summed E-state index contributed by atoms with van der Waals surface area (Å²) in [4.78, 5) is 16.4. The highest BCUT2D eigenvalue weighted by Crippen LogP contribution is 2.20. The molecule has 2 N–H and O–H groups in total. The summed E-state index contributed by atoms with van der Waals surface area (Å²) in [5.41, 5.74) is 2.02. The van der Waals surface area contributed by atoms with E-state index < -0.39 is 0 Å². The number of aromatic amines is 1. The normalized spacial score (nSPS) is 10.9. The van der Waals surface area contributed by atoms with Crippen molar-refractivity contribution in [3.05, 3.63) is 64.4 Å². The number of hydrogen-bond acceptors (Lipinski definition) is 5. The van der Waals surface area contributed by atoms with Crippen LogP contribution >= 0.6 is 27.7 Å². The van der Waals surface area contributed by atoms with Gasteiger partial charge in [-0.2, -0.15) is 0 Å². The lowest BCUT2D eigenvalue weighted by atomic mass is 10.0. The molecule has 2 aromatic carbocycles. The van der Waals surface area contributed by atoms with E-state index in [0.717, 1.165) is 15.9 Å². The number of hydrogen-bond donors (Lipinski definition) is 2. The van der Waals surface area contributed by atoms with E-state index in [0.29, 0.717) is 23.5 Å². The minimum atomic E-state index is -0.111. The van der Waals surface area contributed by atoms with Gasteiger partial charge in [0.2, 0.25) is 11.1 Å². The van der Waals surface area contributed by atoms with Gasteiger partial charge < -0.3 is 10.1 Å². The quantitative estimate of drug-likeness (QED) is 0.462. The van der Waals surface area contributed by atoms with Crippen LogP contribution in [0.1, 0.15) is 31.2 Å². The predicted octanol–water partition coefficient (Wildman–Crippen LogP) is 5.00. The van der Waals surface area contributed by atoms with Crippen LogP contribution in [-0.2, 0) is 11.4 Å². The number of aromatic nitrogens is 3. The monoisotopic (exact) mass is 460 g/mol. The number of thioether (sulfide) groups is 1. The molecule has 28 heavy (non-hydrogen) atoms. The maximum Gasteiger partial charge on any atom is 0.234 e. The number of H-pyrrole nitrogens is 1. The Balaban J connectivity index is 1.44. The van der Waals surface area contributed by atoms with Crippen LogP contribution in [0.5, 0.6) is 5.75 Å². The Morgan fingerprint density at radius 3 is 2.57 bits per heavy atom. The highest BCUT2D eigenvalue weighted by atomic mass is 79.9. The number of nitrogens with one attached hydrogen (secondary N) is 2. The molecular weight excluding hydrogens is 440 g/mol. The molecule has 3 aromatic rings. The summed E-state index contributed by atoms with van der Waals surface area (Å²) in [5.74, 6) is 2.00. The molecular formula is C20H21BrN4O2S. The van der Waals surface area contributed by atoms with Gasteiger partial charge in [0.15, 0.2) is 5.82 Å². The van der Waals surface area contributed by atoms with E-state index in [2.05, 4.69) is 62.4 Å². The number of carbonyl (C=O) groups excluding carboxylic acids is 1. The number of amides is 1. The number of carbonyl (C=O) groups is 1. The van der Waals surface area contributed by atoms with Crippen LogP contribution in [0.25, 0.3) is 0 Å². The third-order valence-corrected chi connectivity index (χ3v) is 5.27. The number of rotatable bonds is 8. The molecule has 146 valence electrons. The summed E-state index contributed by atoms with van der Waals surface area (Å²) < 4.78 is 6.69. The second-order valence-corrected chi connectivity index (χ2v) is 8.28. The number of ether oxygens (including phenoxy) is 1. The van der Waals surface area contributed by atoms with E-state index in [9.17, 15) is 4.79 Å². The van der Waals surface area contributed by atoms with Crippen LogP contribution in [0.3, 0.4) is 0 Å². The summed E-state index contributed by atoms with van der Waals surface area (Å²) in [7, 11) is 0. The molecule has 0 saturated carbocycles. The van der Waals surface area contributed by atoms with Crippen LogP contribution in [0.15, 0.2) is 58.2 Å². The smallest absolute Gasteiger partial charge is 0.234 e. The van der Waals surface area contributed by atoms with E-state index in [1.165, 1.54) is 17.3 Å². The molecule has 1 aromatic heterocycles. The molecule has 8 heteroatoms. The van der Waals surface area contributed by atoms with Crippen molar-refractivity contribution in [3.63, 3.8) is 0 Å². The van der Waals surface area contributed by atoms with E-state index in [-0.39, 0.29) is 11.7 Å². The van der Waals surface area contributed by atoms with Gasteiger partial charge in [-0.15, -0.1) is 5.10 Å². The molecule has 0 aliphatic carbocycles. The van der Waals surface area contributed by atoms with Crippen molar-refractivity contribution < 1.29 is 9.53 Å². The standard InChI is InChI=1S/C20H21BrN4O2S/c1-13(2)14-3-9-17(10-4-14)27-11-18-23-20(25-24-18)28-12-19(26)22-16-7-5-15(21)6-8-16/h3-10,13H,11-12H2,1-2H3,(H,22,26)(H,23,24,25). The number of halogens is 1. The zero-order valence-corrected chi connectivity index (χ0v) is 18.0. The minimum Gasteiger partial charge on any atom is -0.486 e. The number of anilines is 1. The molecule has 0 atom stereocenters. The Morgan fingerprint density at radius 1 is 1.18 bits per heavy atom. The number of benzene rings is 2. The average Bonchev–Trinajstić information content (AvgIpc) is 3.15. The Kier molecular flexibility index (Phi) is 7.11. The topological polar surface area (TPSA) is 79.9 Å². The zero-order chi connectivity index (χ0) is 19.9. The number of nitrogens with zero attached hydrogens (tertiary/aromatic N) is 2. The molecule has 1 amide bonds. The molecule has 0 bridgehead atoms. The first-order valence-electron chi connectivity index (χ1n) is 8.82. The lowest BCUT2D eigenvalue weighted by molar-refractivity contribution is -0.113. The maximum atomic E-state index is 12.0. The van der Waals surface area contributed by atoms with Crippen molar-refractivity contribution in [2.45, 2.75) is 31.5 Å². The summed E-state index contributed by atoms with van der Waals surface area (Å²) in [6.45, 7) is 4.60. The SMILES string of the molecule is CC(C)c1ccc(OCc2nc(SCC(=O)Nc3ccc(Br)cc3)n[nH]2)cc1. The second-order valence-electron chi connectivity index (χ2n) is 6.42. The van der Waals surface area contributed by atoms with E-state index in [1.54, 1.807) is 0 Å². The first-order valence-corrected chi connectivity index (χ1v) is 10.6. The van der Waals surface area contributed by atoms with Crippen LogP contribution < -0.4 is 10.1 Å². The van der Waals surface area contributed by atoms with Crippen LogP contribution in [0.2, 0.25) is 0 Å². The van der Waals surface area contributed by atoms with Crippen LogP contribution in [0, 0.1) is 0 Å². The summed E-state index contributed by atoms with van der Waals surface area (Å²) in [6.07, 6.45) is 0. The van der Waals surface area contributed by atoms with E-state index in [1.807, 2.05) is 36.4 Å². The molecule has 0 spiro atoms. The van der Waals surface area contributed by atoms with Gasteiger partial charge >= 0.3 is 0 Å². The lowest BCUT2D eigenvalue weighted by Crippen LogP contribution is -2.13. The molecule has 0 aliphatic rings. The fourth-order valence-corrected chi connectivity index (χ4v) is 3.25. The van der Waals surface area contributed by atoms with Gasteiger partial charge in [0.1, 0.15) is 12.4 Å². The Morgan fingerprint density at radius 2 is 1.89 bits per heavy atom. The summed E-state index contributed by atoms with van der Waals surface area (Å²) in [5, 5.41) is 10.3. The largest absolute Gasteiger partial charge is 0.486 e. The summed E-state index contributed by atoms with van der Waals surface area (Å²) >= 11 is 4.63. The van der Waals surface area contributed by atoms with Gasteiger partial charge in [-0.25, -0.2) is 4.98 Å². The van der Waals surface area contributed by atoms with Gasteiger partial charge in [0.25, 0.3) is 0 Å². The predicted molar refractivity (Wildman–Crippen MR) is 115 cm³/mol. The highest BCUT2D eigenvalue weighted by Gasteiger charge is 2.09. The molecule has 0 aliphatic heterocycles. The van der Waals surface area contributed by atoms with Gasteiger partial charge in [0.05, 0.1) is 5.75 Å². The minimum absolute atomic E-state index is 0.111. The van der Waals surface area contributed by atoms with Gasteiger partial charge in [-0.1, -0.05) is 53.7 Å². The first kappa shape index (κ1) is 20.4. The van der Waals surface area contributed by atoms with Gasteiger partial charge in [-0.3, -0.25) is 9.89 Å². The molecule has 3 rings (SSSR count). The molecule has 0 fully saturated rings. The third kappa shape index (κ3) is 6.10. The average molecular weight is 461 g/mol. The Hall–Kier alpha value is -2.32. The Labute approximate surface area is 176 Å². The lowest BCUT2D eigenvalue weighted by Gasteiger charge is -2.07. The van der Waals surface area contributed by atoms with Crippen molar-refractivity contribution in [3.8, 4) is 5.75 Å². The summed E-state index contributed by atoms with van der Waals surface area (Å²) in [6, 6.07) is 15.4. The van der Waals surface area contributed by atoms with Gasteiger partial charge in [-0.05, 0) is 47.9 Å². The second kappa shape index (κ2) is 9.75. The van der Waals surface area contributed by atoms with E-state index in [4.69, 9.17) is 4.74 Å². The first-order chi connectivity index (χ1) is 13.5. The van der Waals surface area contributed by atoms with Gasteiger partial charge in [0, 0.05) is 10.2 Å². The molecule has 0 saturated heterocycles. The third-order valence-electron chi connectivity index (χ3n) is 3.89. The fraction of sp³-hybridized carbons (Fsp3) is 0.250. The molecule has 0 unspecified atom stereocenters. The van der Waals surface area contributed by atoms with Crippen molar-refractivity contribution in [2.24, 2.45) is 0 Å². The van der Waals surface area contributed by atoms with Crippen molar-refractivity contribution in [1.82, 2.24) is 15.2 Å².